The van der Waals surface area contributed by atoms with E-state index < -0.39 is 0 Å². The lowest BCUT2D eigenvalue weighted by Crippen LogP contribution is -2.26. The van der Waals surface area contributed by atoms with E-state index in [9.17, 15) is 0 Å². The van der Waals surface area contributed by atoms with Crippen LogP contribution in [0.1, 0.15) is 61.3 Å². The molecule has 0 amide bonds. The molecular weight excluding hydrogens is 640 g/mol. The molecule has 0 rings (SSSR count). The highest BCUT2D eigenvalue weighted by atomic mass is 79.9. The summed E-state index contributed by atoms with van der Waals surface area (Å²) in [4.78, 5) is 0. The van der Waals surface area contributed by atoms with E-state index in [1.54, 1.807) is 0 Å². The van der Waals surface area contributed by atoms with Crippen LogP contribution in [0.3, 0.4) is 0 Å². The van der Waals surface area contributed by atoms with Gasteiger partial charge in [-0.2, -0.15) is 0 Å². The maximum atomic E-state index is 3.88. The molecule has 0 saturated heterocycles. The standard InChI is InChI=1S/C20H31Br5/c1-15(13-16(21)18(4,5)23)9-8-10-19(6,24)14-20(7,25)12-11-17(2,3)22/h8,10-13,15H,9,14H2,1-7H3. The molecule has 0 aromatic rings. The van der Waals surface area contributed by atoms with Gasteiger partial charge >= 0.3 is 0 Å². The summed E-state index contributed by atoms with van der Waals surface area (Å²) in [6.07, 6.45) is 13.2. The van der Waals surface area contributed by atoms with Crippen LogP contribution in [0.4, 0.5) is 0 Å². The van der Waals surface area contributed by atoms with Crippen molar-refractivity contribution in [2.24, 2.45) is 5.92 Å². The summed E-state index contributed by atoms with van der Waals surface area (Å²) >= 11 is 18.7. The van der Waals surface area contributed by atoms with Crippen LogP contribution in [0.2, 0.25) is 0 Å². The van der Waals surface area contributed by atoms with Crippen LogP contribution in [0.25, 0.3) is 0 Å². The maximum Gasteiger partial charge on any atom is 0.0512 e. The Balaban J connectivity index is 4.81. The molecule has 0 N–H and O–H groups in total. The van der Waals surface area contributed by atoms with Gasteiger partial charge in [-0.15, -0.1) is 0 Å². The molecule has 0 aliphatic rings. The van der Waals surface area contributed by atoms with Crippen molar-refractivity contribution in [2.45, 2.75) is 78.6 Å². The molecule has 0 aromatic carbocycles. The smallest absolute Gasteiger partial charge is 0.0512 e. The van der Waals surface area contributed by atoms with Gasteiger partial charge in [0.2, 0.25) is 0 Å². The molecule has 0 aliphatic heterocycles. The quantitative estimate of drug-likeness (QED) is 0.169. The molecule has 0 aromatic heterocycles. The summed E-state index contributed by atoms with van der Waals surface area (Å²) in [7, 11) is 0. The number of rotatable bonds is 9. The van der Waals surface area contributed by atoms with E-state index in [4.69, 9.17) is 0 Å². The third-order valence-corrected chi connectivity index (χ3v) is 7.06. The van der Waals surface area contributed by atoms with Gasteiger partial charge in [-0.1, -0.05) is 117 Å². The van der Waals surface area contributed by atoms with Crippen LogP contribution in [-0.4, -0.2) is 17.3 Å². The minimum atomic E-state index is -0.0604. The molecule has 25 heavy (non-hydrogen) atoms. The Bertz CT molecular complexity index is 499. The zero-order valence-corrected chi connectivity index (χ0v) is 24.2. The molecular formula is C20H31Br5. The van der Waals surface area contributed by atoms with E-state index >= 15 is 0 Å². The fourth-order valence-electron chi connectivity index (χ4n) is 2.21. The molecule has 0 bridgehead atoms. The molecule has 0 saturated carbocycles. The molecule has 146 valence electrons. The summed E-state index contributed by atoms with van der Waals surface area (Å²) in [6, 6.07) is 0. The lowest BCUT2D eigenvalue weighted by Gasteiger charge is -2.28. The second-order valence-corrected chi connectivity index (χ2v) is 16.7. The SMILES string of the molecule is CC(C=C(Br)C(C)(C)Br)CC=CC(C)(Br)CC(C)(Br)C=CC(C)(C)Br. The summed E-state index contributed by atoms with van der Waals surface area (Å²) in [5.74, 6) is 0.482. The number of hydrogen-bond donors (Lipinski definition) is 0. The van der Waals surface area contributed by atoms with E-state index in [-0.39, 0.29) is 17.3 Å². The Labute approximate surface area is 197 Å². The van der Waals surface area contributed by atoms with Crippen molar-refractivity contribution in [3.05, 3.63) is 34.9 Å². The molecule has 0 heterocycles. The van der Waals surface area contributed by atoms with Crippen molar-refractivity contribution in [3.8, 4) is 0 Å². The Morgan fingerprint density at radius 3 is 1.76 bits per heavy atom. The van der Waals surface area contributed by atoms with Gasteiger partial charge in [0.15, 0.2) is 0 Å². The third kappa shape index (κ3) is 14.3. The van der Waals surface area contributed by atoms with Crippen LogP contribution in [0.15, 0.2) is 34.9 Å². The van der Waals surface area contributed by atoms with Gasteiger partial charge in [-0.3, -0.25) is 0 Å². The van der Waals surface area contributed by atoms with Crippen LogP contribution in [-0.2, 0) is 0 Å². The predicted molar refractivity (Wildman–Crippen MR) is 134 cm³/mol. The van der Waals surface area contributed by atoms with Gasteiger partial charge in [-0.25, -0.2) is 0 Å². The van der Waals surface area contributed by atoms with Crippen molar-refractivity contribution in [1.82, 2.24) is 0 Å². The topological polar surface area (TPSA) is 0 Å². The first-order valence-corrected chi connectivity index (χ1v) is 12.4. The second-order valence-electron chi connectivity index (χ2n) is 8.23. The summed E-state index contributed by atoms with van der Waals surface area (Å²) in [5, 5.41) is 0. The number of halogens is 5. The normalized spacial score (nSPS) is 20.7. The van der Waals surface area contributed by atoms with Gasteiger partial charge < -0.3 is 0 Å². The summed E-state index contributed by atoms with van der Waals surface area (Å²) < 4.78 is 1.08. The van der Waals surface area contributed by atoms with Gasteiger partial charge in [0.1, 0.15) is 0 Å². The molecule has 3 atom stereocenters. The first-order valence-electron chi connectivity index (χ1n) is 8.45. The average Bonchev–Trinajstić information content (AvgIpc) is 2.33. The summed E-state index contributed by atoms with van der Waals surface area (Å²) in [5.41, 5.74) is 0. The monoisotopic (exact) mass is 666 g/mol. The second kappa shape index (κ2) is 10.4. The molecule has 0 fully saturated rings. The lowest BCUT2D eigenvalue weighted by atomic mass is 9.94. The highest BCUT2D eigenvalue weighted by molar-refractivity contribution is 9.14. The molecule has 0 spiro atoms. The first kappa shape index (κ1) is 26.6. The van der Waals surface area contributed by atoms with E-state index in [0.29, 0.717) is 5.92 Å². The lowest BCUT2D eigenvalue weighted by molar-refractivity contribution is 0.627. The van der Waals surface area contributed by atoms with Gasteiger partial charge in [-0.05, 0) is 60.3 Å². The average molecular weight is 671 g/mol. The molecule has 0 radical (unpaired) electrons. The van der Waals surface area contributed by atoms with Crippen LogP contribution in [0, 0.1) is 5.92 Å². The van der Waals surface area contributed by atoms with Crippen molar-refractivity contribution in [1.29, 1.82) is 0 Å². The molecule has 3 unspecified atom stereocenters. The third-order valence-electron chi connectivity index (χ3n) is 3.49. The zero-order chi connectivity index (χ0) is 20.1. The number of alkyl halides is 4. The Kier molecular flexibility index (Phi) is 11.1. The van der Waals surface area contributed by atoms with Gasteiger partial charge in [0, 0.05) is 17.5 Å². The number of hydrogen-bond acceptors (Lipinski definition) is 0. The van der Waals surface area contributed by atoms with Gasteiger partial charge in [0.25, 0.3) is 0 Å². The molecule has 5 heteroatoms. The van der Waals surface area contributed by atoms with Crippen LogP contribution >= 0.6 is 79.6 Å². The molecule has 0 aliphatic carbocycles. The Hall–Kier alpha value is 1.62. The van der Waals surface area contributed by atoms with Crippen LogP contribution in [0.5, 0.6) is 0 Å². The first-order chi connectivity index (χ1) is 10.9. The van der Waals surface area contributed by atoms with Crippen molar-refractivity contribution < 1.29 is 0 Å². The van der Waals surface area contributed by atoms with Gasteiger partial charge in [0.05, 0.1) is 4.32 Å². The highest BCUT2D eigenvalue weighted by Gasteiger charge is 2.28. The van der Waals surface area contributed by atoms with E-state index in [1.165, 1.54) is 4.48 Å². The van der Waals surface area contributed by atoms with Crippen molar-refractivity contribution >= 4 is 79.6 Å². The van der Waals surface area contributed by atoms with Crippen molar-refractivity contribution in [3.63, 3.8) is 0 Å². The minimum Gasteiger partial charge on any atom is -0.0866 e. The Morgan fingerprint density at radius 1 is 0.840 bits per heavy atom. The summed E-state index contributed by atoms with van der Waals surface area (Å²) in [6.45, 7) is 15.2. The minimum absolute atomic E-state index is 0.0117. The highest BCUT2D eigenvalue weighted by Crippen LogP contribution is 2.37. The fraction of sp³-hybridized carbons (Fsp3) is 0.700. The predicted octanol–water partition coefficient (Wildman–Crippen LogP) is 9.45. The largest absolute Gasteiger partial charge is 0.0866 e. The van der Waals surface area contributed by atoms with Crippen LogP contribution < -0.4 is 0 Å². The van der Waals surface area contributed by atoms with E-state index in [2.05, 4.69) is 158 Å². The van der Waals surface area contributed by atoms with Crippen molar-refractivity contribution in [2.75, 3.05) is 0 Å². The molecule has 0 nitrogen and oxygen atoms in total. The maximum absolute atomic E-state index is 3.88. The fourth-order valence-corrected chi connectivity index (χ4v) is 4.79. The zero-order valence-electron chi connectivity index (χ0n) is 16.3. The van der Waals surface area contributed by atoms with E-state index in [0.717, 1.165) is 12.8 Å². The number of allylic oxidation sites excluding steroid dienone is 6. The van der Waals surface area contributed by atoms with E-state index in [1.807, 2.05) is 0 Å². The Morgan fingerprint density at radius 2 is 1.32 bits per heavy atom.